The molecule has 0 amide bonds. The average molecular weight is 372 g/mol. The Morgan fingerprint density at radius 1 is 0.929 bits per heavy atom. The average Bonchev–Trinajstić information content (AvgIpc) is 2.92. The fourth-order valence-electron chi connectivity index (χ4n) is 4.14. The number of nitrogens with zero attached hydrogens (tertiary/aromatic N) is 1. The standard InChI is InChI=1S/C26H29NO/c1-19-17-23(28-20(19)2)18-27(3)16-8-13-26-24-11-6-4-9-21(24)14-15-22-10-5-7-12-25(22)26/h4-7,9-13,17H,8,14-16,18H2,1-3H3. The Bertz CT molecular complexity index is 926. The van der Waals surface area contributed by atoms with Gasteiger partial charge >= 0.3 is 0 Å². The highest BCUT2D eigenvalue weighted by Gasteiger charge is 2.17. The highest BCUT2D eigenvalue weighted by atomic mass is 16.3. The summed E-state index contributed by atoms with van der Waals surface area (Å²) in [5, 5.41) is 0. The lowest BCUT2D eigenvalue weighted by atomic mass is 9.93. The van der Waals surface area contributed by atoms with Crippen LogP contribution in [0.3, 0.4) is 0 Å². The van der Waals surface area contributed by atoms with Crippen LogP contribution in [-0.4, -0.2) is 18.5 Å². The summed E-state index contributed by atoms with van der Waals surface area (Å²) in [5.74, 6) is 2.08. The molecule has 144 valence electrons. The van der Waals surface area contributed by atoms with Crippen molar-refractivity contribution >= 4 is 5.57 Å². The van der Waals surface area contributed by atoms with Crippen LogP contribution in [0.15, 0.2) is 65.1 Å². The molecule has 0 saturated heterocycles. The number of hydrogen-bond acceptors (Lipinski definition) is 2. The first-order chi connectivity index (χ1) is 13.6. The first-order valence-corrected chi connectivity index (χ1v) is 10.2. The smallest absolute Gasteiger partial charge is 0.118 e. The van der Waals surface area contributed by atoms with Crippen LogP contribution in [0, 0.1) is 13.8 Å². The van der Waals surface area contributed by atoms with Gasteiger partial charge in [0.1, 0.15) is 11.5 Å². The van der Waals surface area contributed by atoms with Gasteiger partial charge in [0.25, 0.3) is 0 Å². The van der Waals surface area contributed by atoms with Crippen molar-refractivity contribution in [2.75, 3.05) is 13.6 Å². The second-order valence-electron chi connectivity index (χ2n) is 7.91. The number of hydrogen-bond donors (Lipinski definition) is 0. The molecule has 0 radical (unpaired) electrons. The summed E-state index contributed by atoms with van der Waals surface area (Å²) in [4.78, 5) is 2.34. The van der Waals surface area contributed by atoms with E-state index in [2.05, 4.69) is 79.5 Å². The van der Waals surface area contributed by atoms with Gasteiger partial charge < -0.3 is 4.42 Å². The normalized spacial score (nSPS) is 13.2. The maximum Gasteiger partial charge on any atom is 0.118 e. The number of fused-ring (bicyclic) bond motifs is 2. The molecule has 2 nitrogen and oxygen atoms in total. The SMILES string of the molecule is Cc1cc(CN(C)CCC=C2c3ccccc3CCc3ccccc32)oc1C. The van der Waals surface area contributed by atoms with E-state index in [1.165, 1.54) is 33.4 Å². The molecule has 2 heteroatoms. The van der Waals surface area contributed by atoms with Crippen molar-refractivity contribution in [3.63, 3.8) is 0 Å². The molecule has 0 atom stereocenters. The van der Waals surface area contributed by atoms with Crippen molar-refractivity contribution in [2.24, 2.45) is 0 Å². The number of aryl methyl sites for hydroxylation is 4. The molecule has 0 aliphatic heterocycles. The van der Waals surface area contributed by atoms with Crippen LogP contribution >= 0.6 is 0 Å². The summed E-state index contributed by atoms with van der Waals surface area (Å²) in [6.07, 6.45) is 5.68. The van der Waals surface area contributed by atoms with Crippen molar-refractivity contribution in [1.82, 2.24) is 4.90 Å². The molecule has 2 aromatic carbocycles. The zero-order valence-corrected chi connectivity index (χ0v) is 17.2. The molecule has 0 saturated carbocycles. The van der Waals surface area contributed by atoms with Crippen molar-refractivity contribution in [1.29, 1.82) is 0 Å². The first kappa shape index (κ1) is 18.8. The van der Waals surface area contributed by atoms with Gasteiger partial charge in [0.15, 0.2) is 0 Å². The molecule has 0 fully saturated rings. The lowest BCUT2D eigenvalue weighted by molar-refractivity contribution is 0.297. The van der Waals surface area contributed by atoms with Crippen LogP contribution in [0.5, 0.6) is 0 Å². The van der Waals surface area contributed by atoms with Gasteiger partial charge in [-0.05, 0) is 79.6 Å². The first-order valence-electron chi connectivity index (χ1n) is 10.2. The van der Waals surface area contributed by atoms with Crippen LogP contribution in [0.2, 0.25) is 0 Å². The van der Waals surface area contributed by atoms with E-state index in [0.29, 0.717) is 0 Å². The largest absolute Gasteiger partial charge is 0.465 e. The third-order valence-corrected chi connectivity index (χ3v) is 5.78. The fraction of sp³-hybridized carbons (Fsp3) is 0.308. The van der Waals surface area contributed by atoms with Crippen molar-refractivity contribution in [2.45, 2.75) is 39.7 Å². The Balaban J connectivity index is 1.53. The number of furan rings is 1. The predicted molar refractivity (Wildman–Crippen MR) is 117 cm³/mol. The maximum atomic E-state index is 5.83. The minimum atomic E-state index is 0.852. The molecule has 0 bridgehead atoms. The number of rotatable bonds is 5. The summed E-state index contributed by atoms with van der Waals surface area (Å²) >= 11 is 0. The van der Waals surface area contributed by atoms with Gasteiger partial charge in [0.05, 0.1) is 6.54 Å². The Morgan fingerprint density at radius 3 is 2.11 bits per heavy atom. The van der Waals surface area contributed by atoms with E-state index < -0.39 is 0 Å². The van der Waals surface area contributed by atoms with Gasteiger partial charge in [-0.1, -0.05) is 54.6 Å². The van der Waals surface area contributed by atoms with E-state index in [4.69, 9.17) is 4.42 Å². The Hall–Kier alpha value is -2.58. The van der Waals surface area contributed by atoms with Gasteiger partial charge in [-0.15, -0.1) is 0 Å². The highest BCUT2D eigenvalue weighted by molar-refractivity contribution is 5.83. The predicted octanol–water partition coefficient (Wildman–Crippen LogP) is 5.95. The van der Waals surface area contributed by atoms with Crippen LogP contribution in [0.25, 0.3) is 5.57 Å². The van der Waals surface area contributed by atoms with E-state index in [9.17, 15) is 0 Å². The van der Waals surface area contributed by atoms with E-state index in [-0.39, 0.29) is 0 Å². The quantitative estimate of drug-likeness (QED) is 0.551. The van der Waals surface area contributed by atoms with E-state index >= 15 is 0 Å². The zero-order chi connectivity index (χ0) is 19.5. The van der Waals surface area contributed by atoms with Crippen LogP contribution < -0.4 is 0 Å². The molecule has 1 aliphatic rings. The lowest BCUT2D eigenvalue weighted by Gasteiger charge is -2.16. The lowest BCUT2D eigenvalue weighted by Crippen LogP contribution is -2.18. The molecular formula is C26H29NO. The second-order valence-corrected chi connectivity index (χ2v) is 7.91. The molecule has 3 aromatic rings. The summed E-state index contributed by atoms with van der Waals surface area (Å²) in [5.41, 5.74) is 8.33. The molecule has 1 heterocycles. The Kier molecular flexibility index (Phi) is 5.50. The fourth-order valence-corrected chi connectivity index (χ4v) is 4.14. The minimum Gasteiger partial charge on any atom is -0.465 e. The maximum absolute atomic E-state index is 5.83. The third kappa shape index (κ3) is 3.98. The molecule has 1 aromatic heterocycles. The van der Waals surface area contributed by atoms with Crippen molar-refractivity contribution in [3.8, 4) is 0 Å². The molecular weight excluding hydrogens is 342 g/mol. The van der Waals surface area contributed by atoms with Gasteiger partial charge in [0, 0.05) is 6.54 Å². The molecule has 0 spiro atoms. The molecule has 1 aliphatic carbocycles. The molecule has 4 rings (SSSR count). The van der Waals surface area contributed by atoms with Crippen LogP contribution in [-0.2, 0) is 19.4 Å². The Morgan fingerprint density at radius 2 is 1.54 bits per heavy atom. The van der Waals surface area contributed by atoms with E-state index in [0.717, 1.165) is 43.9 Å². The highest BCUT2D eigenvalue weighted by Crippen LogP contribution is 2.33. The van der Waals surface area contributed by atoms with Crippen molar-refractivity contribution < 1.29 is 4.42 Å². The van der Waals surface area contributed by atoms with Crippen molar-refractivity contribution in [3.05, 3.63) is 100 Å². The van der Waals surface area contributed by atoms with Gasteiger partial charge in [-0.25, -0.2) is 0 Å². The second kappa shape index (κ2) is 8.20. The number of benzene rings is 2. The van der Waals surface area contributed by atoms with Gasteiger partial charge in [-0.3, -0.25) is 4.90 Å². The van der Waals surface area contributed by atoms with E-state index in [1.807, 2.05) is 6.92 Å². The summed E-state index contributed by atoms with van der Waals surface area (Å²) < 4.78 is 5.83. The summed E-state index contributed by atoms with van der Waals surface area (Å²) in [6, 6.07) is 19.9. The monoisotopic (exact) mass is 371 g/mol. The van der Waals surface area contributed by atoms with Gasteiger partial charge in [0.2, 0.25) is 0 Å². The molecule has 0 N–H and O–H groups in total. The van der Waals surface area contributed by atoms with Gasteiger partial charge in [-0.2, -0.15) is 0 Å². The van der Waals surface area contributed by atoms with Crippen LogP contribution in [0.1, 0.15) is 45.8 Å². The van der Waals surface area contributed by atoms with Crippen LogP contribution in [0.4, 0.5) is 0 Å². The Labute approximate surface area is 168 Å². The molecule has 28 heavy (non-hydrogen) atoms. The topological polar surface area (TPSA) is 16.4 Å². The zero-order valence-electron chi connectivity index (χ0n) is 17.2. The summed E-state index contributed by atoms with van der Waals surface area (Å²) in [7, 11) is 2.17. The molecule has 0 unspecified atom stereocenters. The van der Waals surface area contributed by atoms with E-state index in [1.54, 1.807) is 0 Å². The summed E-state index contributed by atoms with van der Waals surface area (Å²) in [6.45, 7) is 6.00. The third-order valence-electron chi connectivity index (χ3n) is 5.78. The minimum absolute atomic E-state index is 0.852.